The molecular formula is C28H37N5. The van der Waals surface area contributed by atoms with Crippen molar-refractivity contribution in [2.24, 2.45) is 5.92 Å². The van der Waals surface area contributed by atoms with Crippen LogP contribution in [0.5, 0.6) is 0 Å². The highest BCUT2D eigenvalue weighted by molar-refractivity contribution is 5.81. The maximum Gasteiger partial charge on any atom is 0.0705 e. The van der Waals surface area contributed by atoms with Gasteiger partial charge in [-0.3, -0.25) is 14.9 Å². The summed E-state index contributed by atoms with van der Waals surface area (Å²) in [5, 5.41) is 1.27. The summed E-state index contributed by atoms with van der Waals surface area (Å²) in [7, 11) is 2.26. The largest absolute Gasteiger partial charge is 0.306 e. The minimum absolute atomic E-state index is 0.766. The number of likely N-dealkylation sites (tertiary alicyclic amines) is 2. The van der Waals surface area contributed by atoms with Crippen molar-refractivity contribution in [3.63, 3.8) is 0 Å². The van der Waals surface area contributed by atoms with E-state index in [1.165, 1.54) is 68.4 Å². The molecule has 0 amide bonds. The molecule has 174 valence electrons. The van der Waals surface area contributed by atoms with Crippen molar-refractivity contribution in [1.29, 1.82) is 0 Å². The van der Waals surface area contributed by atoms with E-state index >= 15 is 0 Å². The SMILES string of the molecule is CN1CCC(N2CCC(CN(Cc3ccncc3)Cc3cccc4ncccc34)CC2)CC1. The molecule has 5 heteroatoms. The molecule has 33 heavy (non-hydrogen) atoms. The van der Waals surface area contributed by atoms with E-state index < -0.39 is 0 Å². The van der Waals surface area contributed by atoms with E-state index in [1.807, 2.05) is 18.6 Å². The predicted octanol–water partition coefficient (Wildman–Crippen LogP) is 4.44. The van der Waals surface area contributed by atoms with Gasteiger partial charge in [0, 0.05) is 49.7 Å². The third-order valence-corrected chi connectivity index (χ3v) is 7.66. The summed E-state index contributed by atoms with van der Waals surface area (Å²) >= 11 is 0. The second-order valence-electron chi connectivity index (χ2n) is 10.0. The molecule has 0 spiro atoms. The fraction of sp³-hybridized carbons (Fsp3) is 0.500. The van der Waals surface area contributed by atoms with Crippen LogP contribution < -0.4 is 0 Å². The minimum Gasteiger partial charge on any atom is -0.306 e. The molecule has 2 saturated heterocycles. The zero-order valence-corrected chi connectivity index (χ0v) is 19.9. The molecule has 1 aromatic carbocycles. The second-order valence-corrected chi connectivity index (χ2v) is 10.0. The van der Waals surface area contributed by atoms with E-state index in [1.54, 1.807) is 0 Å². The summed E-state index contributed by atoms with van der Waals surface area (Å²) in [5.74, 6) is 0.766. The van der Waals surface area contributed by atoms with Crippen molar-refractivity contribution < 1.29 is 0 Å². The van der Waals surface area contributed by atoms with Crippen LogP contribution in [-0.4, -0.2) is 70.5 Å². The first-order chi connectivity index (χ1) is 16.2. The minimum atomic E-state index is 0.766. The number of nitrogens with zero attached hydrogens (tertiary/aromatic N) is 5. The quantitative estimate of drug-likeness (QED) is 0.540. The number of hydrogen-bond donors (Lipinski definition) is 0. The third kappa shape index (κ3) is 5.78. The fourth-order valence-electron chi connectivity index (χ4n) is 5.70. The Labute approximate surface area is 198 Å². The van der Waals surface area contributed by atoms with Crippen molar-refractivity contribution in [3.05, 3.63) is 72.2 Å². The van der Waals surface area contributed by atoms with Crippen LogP contribution in [0.3, 0.4) is 0 Å². The Morgan fingerprint density at radius 1 is 0.848 bits per heavy atom. The van der Waals surface area contributed by atoms with Gasteiger partial charge in [0.15, 0.2) is 0 Å². The van der Waals surface area contributed by atoms with Gasteiger partial charge < -0.3 is 9.80 Å². The van der Waals surface area contributed by atoms with Gasteiger partial charge in [0.2, 0.25) is 0 Å². The predicted molar refractivity (Wildman–Crippen MR) is 135 cm³/mol. The highest BCUT2D eigenvalue weighted by Crippen LogP contribution is 2.26. The maximum atomic E-state index is 4.57. The lowest BCUT2D eigenvalue weighted by Gasteiger charge is -2.42. The van der Waals surface area contributed by atoms with Gasteiger partial charge in [-0.05, 0) is 100 Å². The van der Waals surface area contributed by atoms with Crippen molar-refractivity contribution in [3.8, 4) is 0 Å². The average molecular weight is 444 g/mol. The van der Waals surface area contributed by atoms with Crippen LogP contribution >= 0.6 is 0 Å². The highest BCUT2D eigenvalue weighted by atomic mass is 15.2. The Morgan fingerprint density at radius 2 is 1.64 bits per heavy atom. The number of fused-ring (bicyclic) bond motifs is 1. The summed E-state index contributed by atoms with van der Waals surface area (Å²) in [4.78, 5) is 16.7. The van der Waals surface area contributed by atoms with Crippen molar-refractivity contribution in [2.75, 3.05) is 39.8 Å². The van der Waals surface area contributed by atoms with Crippen LogP contribution in [-0.2, 0) is 13.1 Å². The van der Waals surface area contributed by atoms with Gasteiger partial charge in [-0.1, -0.05) is 18.2 Å². The van der Waals surface area contributed by atoms with E-state index in [-0.39, 0.29) is 0 Å². The first kappa shape index (κ1) is 22.5. The Hall–Kier alpha value is -2.34. The molecule has 0 bridgehead atoms. The lowest BCUT2D eigenvalue weighted by molar-refractivity contribution is 0.0729. The summed E-state index contributed by atoms with van der Waals surface area (Å²) in [6, 6.07) is 15.9. The molecule has 0 aliphatic carbocycles. The molecule has 0 saturated carbocycles. The molecule has 5 nitrogen and oxygen atoms in total. The van der Waals surface area contributed by atoms with Gasteiger partial charge in [-0.25, -0.2) is 0 Å². The average Bonchev–Trinajstić information content (AvgIpc) is 2.86. The molecule has 5 rings (SSSR count). The van der Waals surface area contributed by atoms with Crippen molar-refractivity contribution >= 4 is 10.9 Å². The van der Waals surface area contributed by atoms with Crippen LogP contribution in [0.15, 0.2) is 61.1 Å². The molecule has 0 radical (unpaired) electrons. The molecule has 0 atom stereocenters. The molecule has 0 N–H and O–H groups in total. The number of piperidine rings is 2. The normalized spacial score (nSPS) is 19.5. The summed E-state index contributed by atoms with van der Waals surface area (Å²) in [6.45, 7) is 8.12. The topological polar surface area (TPSA) is 35.5 Å². The van der Waals surface area contributed by atoms with Gasteiger partial charge in [-0.15, -0.1) is 0 Å². The van der Waals surface area contributed by atoms with Crippen molar-refractivity contribution in [1.82, 2.24) is 24.7 Å². The van der Waals surface area contributed by atoms with Gasteiger partial charge in [0.25, 0.3) is 0 Å². The second kappa shape index (κ2) is 10.7. The number of rotatable bonds is 7. The van der Waals surface area contributed by atoms with E-state index in [0.717, 1.165) is 37.1 Å². The molecule has 2 aliphatic rings. The van der Waals surface area contributed by atoms with Gasteiger partial charge in [0.1, 0.15) is 0 Å². The Balaban J connectivity index is 1.25. The van der Waals surface area contributed by atoms with E-state index in [0.29, 0.717) is 0 Å². The molecule has 2 aromatic heterocycles. The lowest BCUT2D eigenvalue weighted by Crippen LogP contribution is -2.47. The van der Waals surface area contributed by atoms with E-state index in [2.05, 4.69) is 74.2 Å². The molecule has 2 fully saturated rings. The first-order valence-electron chi connectivity index (χ1n) is 12.6. The summed E-state index contributed by atoms with van der Waals surface area (Å²) in [5.41, 5.74) is 3.80. The molecule has 3 aromatic rings. The lowest BCUT2D eigenvalue weighted by atomic mass is 9.92. The van der Waals surface area contributed by atoms with Crippen LogP contribution in [0.1, 0.15) is 36.8 Å². The standard InChI is InChI=1S/C28H37N5/c1-31-16-11-26(12-17-31)33-18-9-24(10-19-33)21-32(20-23-7-14-29-15-8-23)22-25-4-2-6-28-27(25)5-3-13-30-28/h2-8,13-15,24,26H,9-12,16-22H2,1H3. The Bertz CT molecular complexity index is 1000. The Kier molecular flexibility index (Phi) is 7.30. The van der Waals surface area contributed by atoms with Crippen LogP contribution in [0.4, 0.5) is 0 Å². The van der Waals surface area contributed by atoms with Crippen molar-refractivity contribution in [2.45, 2.75) is 44.8 Å². The fourth-order valence-corrected chi connectivity index (χ4v) is 5.70. The third-order valence-electron chi connectivity index (χ3n) is 7.66. The molecular weight excluding hydrogens is 406 g/mol. The van der Waals surface area contributed by atoms with Gasteiger partial charge in [-0.2, -0.15) is 0 Å². The number of aromatic nitrogens is 2. The van der Waals surface area contributed by atoms with Gasteiger partial charge in [0.05, 0.1) is 5.52 Å². The number of hydrogen-bond acceptors (Lipinski definition) is 5. The Morgan fingerprint density at radius 3 is 2.42 bits per heavy atom. The highest BCUT2D eigenvalue weighted by Gasteiger charge is 2.28. The van der Waals surface area contributed by atoms with Crippen LogP contribution in [0.25, 0.3) is 10.9 Å². The first-order valence-corrected chi connectivity index (χ1v) is 12.6. The van der Waals surface area contributed by atoms with E-state index in [9.17, 15) is 0 Å². The number of benzene rings is 1. The van der Waals surface area contributed by atoms with Crippen LogP contribution in [0, 0.1) is 5.92 Å². The number of pyridine rings is 2. The van der Waals surface area contributed by atoms with Gasteiger partial charge >= 0.3 is 0 Å². The monoisotopic (exact) mass is 443 g/mol. The molecule has 2 aliphatic heterocycles. The summed E-state index contributed by atoms with van der Waals surface area (Å²) < 4.78 is 0. The van der Waals surface area contributed by atoms with E-state index in [4.69, 9.17) is 0 Å². The smallest absolute Gasteiger partial charge is 0.0705 e. The zero-order valence-electron chi connectivity index (χ0n) is 19.9. The summed E-state index contributed by atoms with van der Waals surface area (Å²) in [6.07, 6.45) is 11.0. The molecule has 0 unspecified atom stereocenters. The zero-order chi connectivity index (χ0) is 22.5. The maximum absolute atomic E-state index is 4.57. The molecule has 4 heterocycles. The van der Waals surface area contributed by atoms with Crippen LogP contribution in [0.2, 0.25) is 0 Å².